The first-order valence-corrected chi connectivity index (χ1v) is 13.1. The molecule has 0 spiro atoms. The highest BCUT2D eigenvalue weighted by Gasteiger charge is 2.17. The second-order valence-corrected chi connectivity index (χ2v) is 9.82. The highest BCUT2D eigenvalue weighted by atomic mass is 19.1. The van der Waals surface area contributed by atoms with Gasteiger partial charge in [0.05, 0.1) is 34.6 Å². The Balaban J connectivity index is 1.21. The van der Waals surface area contributed by atoms with E-state index >= 15 is 0 Å². The van der Waals surface area contributed by atoms with Crippen molar-refractivity contribution in [3.63, 3.8) is 0 Å². The maximum absolute atomic E-state index is 13.9. The number of anilines is 1. The Labute approximate surface area is 234 Å². The van der Waals surface area contributed by atoms with Gasteiger partial charge in [-0.25, -0.2) is 9.37 Å². The Morgan fingerprint density at radius 1 is 0.805 bits per heavy atom. The fraction of sp³-hybridized carbons (Fsp3) is 0.0625. The van der Waals surface area contributed by atoms with Gasteiger partial charge in [0.2, 0.25) is 0 Å². The number of aliphatic hydroxyl groups excluding tert-OH is 1. The number of hydrogen-bond donors (Lipinski definition) is 4. The van der Waals surface area contributed by atoms with Crippen LogP contribution in [0.3, 0.4) is 0 Å². The second-order valence-electron chi connectivity index (χ2n) is 9.82. The third-order valence-corrected chi connectivity index (χ3v) is 6.99. The number of rotatable bonds is 7. The van der Waals surface area contributed by atoms with Crippen LogP contribution < -0.4 is 5.32 Å². The van der Waals surface area contributed by atoms with Gasteiger partial charge >= 0.3 is 0 Å². The summed E-state index contributed by atoms with van der Waals surface area (Å²) in [6.45, 7) is 0. The van der Waals surface area contributed by atoms with E-state index in [1.54, 1.807) is 30.9 Å². The Morgan fingerprint density at radius 2 is 1.68 bits per heavy atom. The van der Waals surface area contributed by atoms with Crippen molar-refractivity contribution in [1.82, 2.24) is 30.1 Å². The average Bonchev–Trinajstić information content (AvgIpc) is 3.61. The van der Waals surface area contributed by atoms with Gasteiger partial charge in [-0.05, 0) is 47.0 Å². The number of H-pyrrole nitrogens is 2. The maximum Gasteiger partial charge on any atom is 0.159 e. The number of imidazole rings is 1. The number of nitrogens with one attached hydrogen (secondary N) is 3. The molecule has 0 saturated carbocycles. The molecule has 4 heterocycles. The largest absolute Gasteiger partial charge is 0.373 e. The summed E-state index contributed by atoms with van der Waals surface area (Å²) < 4.78 is 13.9. The third kappa shape index (κ3) is 4.90. The number of halogens is 1. The summed E-state index contributed by atoms with van der Waals surface area (Å²) in [4.78, 5) is 16.9. The van der Waals surface area contributed by atoms with E-state index in [1.165, 1.54) is 12.1 Å². The number of nitrogens with zero attached hydrogens (tertiary/aromatic N) is 4. The molecule has 8 nitrogen and oxygen atoms in total. The monoisotopic (exact) mass is 541 g/mol. The summed E-state index contributed by atoms with van der Waals surface area (Å²) in [6.07, 6.45) is 6.59. The molecule has 0 radical (unpaired) electrons. The molecule has 7 rings (SSSR count). The van der Waals surface area contributed by atoms with E-state index in [0.29, 0.717) is 34.7 Å². The molecule has 3 aromatic carbocycles. The molecule has 9 heteroatoms. The van der Waals surface area contributed by atoms with Crippen molar-refractivity contribution in [3.8, 4) is 33.8 Å². The third-order valence-electron chi connectivity index (χ3n) is 6.99. The smallest absolute Gasteiger partial charge is 0.159 e. The normalized spacial score (nSPS) is 12.1. The van der Waals surface area contributed by atoms with Crippen molar-refractivity contribution in [1.29, 1.82) is 0 Å². The van der Waals surface area contributed by atoms with E-state index in [9.17, 15) is 9.50 Å². The minimum atomic E-state index is -0.753. The topological polar surface area (TPSA) is 115 Å². The first-order valence-electron chi connectivity index (χ1n) is 13.1. The van der Waals surface area contributed by atoms with E-state index in [-0.39, 0.29) is 5.82 Å². The van der Waals surface area contributed by atoms with Crippen molar-refractivity contribution in [2.45, 2.75) is 12.6 Å². The van der Waals surface area contributed by atoms with Gasteiger partial charge in [0.15, 0.2) is 5.82 Å². The Kier molecular flexibility index (Phi) is 6.18. The molecule has 200 valence electrons. The van der Waals surface area contributed by atoms with E-state index in [0.717, 1.165) is 38.7 Å². The van der Waals surface area contributed by atoms with Crippen LogP contribution in [0.2, 0.25) is 0 Å². The summed E-state index contributed by atoms with van der Waals surface area (Å²) in [5.41, 5.74) is 7.94. The van der Waals surface area contributed by atoms with Crippen LogP contribution in [0, 0.1) is 5.82 Å². The molecule has 4 aromatic heterocycles. The van der Waals surface area contributed by atoms with Gasteiger partial charge in [-0.15, -0.1) is 0 Å². The number of benzene rings is 3. The lowest BCUT2D eigenvalue weighted by molar-refractivity contribution is 0.204. The van der Waals surface area contributed by atoms with E-state index in [2.05, 4.69) is 30.5 Å². The van der Waals surface area contributed by atoms with Crippen molar-refractivity contribution in [2.24, 2.45) is 0 Å². The lowest BCUT2D eigenvalue weighted by Crippen LogP contribution is -2.21. The van der Waals surface area contributed by atoms with Gasteiger partial charge in [0.1, 0.15) is 17.7 Å². The zero-order chi connectivity index (χ0) is 27.8. The number of aromatic nitrogens is 6. The lowest BCUT2D eigenvalue weighted by atomic mass is 10.0. The molecule has 1 atom stereocenters. The maximum atomic E-state index is 13.9. The first-order chi connectivity index (χ1) is 20.1. The summed E-state index contributed by atoms with van der Waals surface area (Å²) >= 11 is 0. The van der Waals surface area contributed by atoms with Crippen molar-refractivity contribution in [3.05, 3.63) is 115 Å². The van der Waals surface area contributed by atoms with E-state index < -0.39 is 6.23 Å². The number of aromatic amines is 2. The molecular weight excluding hydrogens is 517 g/mol. The van der Waals surface area contributed by atoms with Gasteiger partial charge in [0, 0.05) is 35.3 Å². The van der Waals surface area contributed by atoms with Gasteiger partial charge in [-0.2, -0.15) is 5.10 Å². The molecule has 0 amide bonds. The Morgan fingerprint density at radius 3 is 2.56 bits per heavy atom. The molecule has 0 saturated heterocycles. The molecule has 0 aliphatic rings. The lowest BCUT2D eigenvalue weighted by Gasteiger charge is -2.15. The van der Waals surface area contributed by atoms with Crippen LogP contribution in [-0.4, -0.2) is 41.5 Å². The van der Waals surface area contributed by atoms with Gasteiger partial charge in [-0.3, -0.25) is 15.1 Å². The Bertz CT molecular complexity index is 2000. The fourth-order valence-corrected chi connectivity index (χ4v) is 5.04. The zero-order valence-electron chi connectivity index (χ0n) is 21.7. The zero-order valence-corrected chi connectivity index (χ0v) is 21.7. The number of hydrogen-bond acceptors (Lipinski definition) is 6. The molecule has 1 unspecified atom stereocenters. The SMILES string of the molecule is OC(Cc1ccccc1)Nc1cncc(-c2ccc3[nH]nc(-c4nc5c(-c6cccc(F)c6)cncc5[nH]4)c3c2)c1. The first kappa shape index (κ1) is 24.6. The average molecular weight is 542 g/mol. The predicted molar refractivity (Wildman–Crippen MR) is 157 cm³/mol. The summed E-state index contributed by atoms with van der Waals surface area (Å²) in [5, 5.41) is 22.2. The number of pyridine rings is 2. The van der Waals surface area contributed by atoms with Crippen LogP contribution in [-0.2, 0) is 6.42 Å². The molecule has 7 aromatic rings. The van der Waals surface area contributed by atoms with Crippen LogP contribution >= 0.6 is 0 Å². The molecule has 0 fully saturated rings. The molecule has 0 aliphatic heterocycles. The molecule has 41 heavy (non-hydrogen) atoms. The van der Waals surface area contributed by atoms with Crippen LogP contribution in [0.1, 0.15) is 5.56 Å². The number of aliphatic hydroxyl groups is 1. The number of fused-ring (bicyclic) bond motifs is 2. The van der Waals surface area contributed by atoms with E-state index in [4.69, 9.17) is 4.98 Å². The Hall–Kier alpha value is -5.41. The van der Waals surface area contributed by atoms with Crippen molar-refractivity contribution < 1.29 is 9.50 Å². The molecule has 0 aliphatic carbocycles. The van der Waals surface area contributed by atoms with Crippen LogP contribution in [0.5, 0.6) is 0 Å². The van der Waals surface area contributed by atoms with Crippen molar-refractivity contribution in [2.75, 3.05) is 5.32 Å². The molecule has 0 bridgehead atoms. The summed E-state index contributed by atoms with van der Waals surface area (Å²) in [5.74, 6) is 0.257. The summed E-state index contributed by atoms with van der Waals surface area (Å²) in [6, 6.07) is 24.2. The van der Waals surface area contributed by atoms with Crippen LogP contribution in [0.15, 0.2) is 104 Å². The highest BCUT2D eigenvalue weighted by molar-refractivity contribution is 5.98. The predicted octanol–water partition coefficient (Wildman–Crippen LogP) is 6.34. The van der Waals surface area contributed by atoms with Crippen LogP contribution in [0.4, 0.5) is 10.1 Å². The van der Waals surface area contributed by atoms with Gasteiger partial charge < -0.3 is 15.4 Å². The highest BCUT2D eigenvalue weighted by Crippen LogP contribution is 2.33. The van der Waals surface area contributed by atoms with Crippen LogP contribution in [0.25, 0.3) is 55.7 Å². The van der Waals surface area contributed by atoms with Crippen molar-refractivity contribution >= 4 is 27.6 Å². The van der Waals surface area contributed by atoms with Gasteiger partial charge in [-0.1, -0.05) is 48.5 Å². The second kappa shape index (κ2) is 10.3. The minimum Gasteiger partial charge on any atom is -0.373 e. The van der Waals surface area contributed by atoms with E-state index in [1.807, 2.05) is 60.7 Å². The minimum absolute atomic E-state index is 0.319. The van der Waals surface area contributed by atoms with Gasteiger partial charge in [0.25, 0.3) is 0 Å². The quantitative estimate of drug-likeness (QED) is 0.175. The standard InChI is InChI=1S/C32H24FN7O/c33-23-8-4-7-21(12-23)26-17-35-18-28-30(26)38-32(37-28)31-25-14-20(9-10-27(25)39-40-31)22-13-24(16-34-15-22)36-29(41)11-19-5-2-1-3-6-19/h1-10,12-18,29,36,41H,11H2,(H,37,38)(H,39,40). The summed E-state index contributed by atoms with van der Waals surface area (Å²) in [7, 11) is 0. The molecule has 4 N–H and O–H groups in total. The molecular formula is C32H24FN7O. The fourth-order valence-electron chi connectivity index (χ4n) is 5.04.